The number of nitrogens with one attached hydrogen (secondary N) is 1. The Morgan fingerprint density at radius 1 is 1.61 bits per heavy atom. The maximum absolute atomic E-state index is 13.6. The first-order chi connectivity index (χ1) is 8.51. The number of benzene rings is 1. The van der Waals surface area contributed by atoms with Crippen molar-refractivity contribution in [3.8, 4) is 0 Å². The second kappa shape index (κ2) is 5.63. The molecule has 0 saturated heterocycles. The first-order valence-electron chi connectivity index (χ1n) is 5.21. The summed E-state index contributed by atoms with van der Waals surface area (Å²) in [7, 11) is 0. The molecule has 3 nitrogen and oxygen atoms in total. The monoisotopic (exact) mass is 394 g/mol. The summed E-state index contributed by atoms with van der Waals surface area (Å²) in [6, 6.07) is 3.13. The first kappa shape index (κ1) is 13.9. The lowest BCUT2D eigenvalue weighted by atomic mass is 10.3. The number of carbonyl (C=O) groups is 1. The van der Waals surface area contributed by atoms with Gasteiger partial charge in [0.15, 0.2) is 10.9 Å². The maximum atomic E-state index is 13.6. The molecule has 0 spiro atoms. The van der Waals surface area contributed by atoms with Gasteiger partial charge in [0.2, 0.25) is 5.91 Å². The highest BCUT2D eigenvalue weighted by molar-refractivity contribution is 9.10. The van der Waals surface area contributed by atoms with Gasteiger partial charge < -0.3 is 5.32 Å². The Labute approximate surface area is 124 Å². The van der Waals surface area contributed by atoms with Crippen LogP contribution >= 0.6 is 43.2 Å². The van der Waals surface area contributed by atoms with Crippen LogP contribution in [0.15, 0.2) is 16.6 Å². The van der Waals surface area contributed by atoms with Crippen LogP contribution in [0.5, 0.6) is 0 Å². The third-order valence-electron chi connectivity index (χ3n) is 2.29. The highest BCUT2D eigenvalue weighted by atomic mass is 79.9. The fourth-order valence-corrected chi connectivity index (χ4v) is 3.00. The van der Waals surface area contributed by atoms with E-state index in [2.05, 4.69) is 42.2 Å². The van der Waals surface area contributed by atoms with E-state index >= 15 is 0 Å². The molecule has 0 fully saturated rings. The third kappa shape index (κ3) is 2.89. The Morgan fingerprint density at radius 3 is 3.00 bits per heavy atom. The van der Waals surface area contributed by atoms with Crippen molar-refractivity contribution < 1.29 is 9.18 Å². The highest BCUT2D eigenvalue weighted by Crippen LogP contribution is 2.30. The molecular weight excluding hydrogens is 387 g/mol. The lowest BCUT2D eigenvalue weighted by Crippen LogP contribution is -2.21. The summed E-state index contributed by atoms with van der Waals surface area (Å²) >= 11 is 7.72. The number of alkyl halides is 1. The number of hydrogen-bond acceptors (Lipinski definition) is 3. The van der Waals surface area contributed by atoms with Gasteiger partial charge >= 0.3 is 0 Å². The van der Waals surface area contributed by atoms with E-state index in [1.54, 1.807) is 6.07 Å². The molecule has 1 atom stereocenters. The molecule has 0 aliphatic rings. The van der Waals surface area contributed by atoms with Crippen molar-refractivity contribution in [3.63, 3.8) is 0 Å². The number of nitrogens with zero attached hydrogens (tertiary/aromatic N) is 1. The number of amides is 1. The second-order valence-electron chi connectivity index (χ2n) is 3.62. The minimum absolute atomic E-state index is 0.170. The minimum atomic E-state index is -0.401. The predicted octanol–water partition coefficient (Wildman–Crippen LogP) is 4.31. The van der Waals surface area contributed by atoms with Crippen LogP contribution in [0.2, 0.25) is 0 Å². The largest absolute Gasteiger partial charge is 0.301 e. The molecule has 1 N–H and O–H groups in total. The summed E-state index contributed by atoms with van der Waals surface area (Å²) < 4.78 is 15.0. The number of anilines is 1. The van der Waals surface area contributed by atoms with Gasteiger partial charge in [0, 0.05) is 4.47 Å². The molecule has 0 aliphatic carbocycles. The fourth-order valence-electron chi connectivity index (χ4n) is 1.38. The van der Waals surface area contributed by atoms with Crippen LogP contribution in [-0.2, 0) is 4.79 Å². The number of fused-ring (bicyclic) bond motifs is 1. The maximum Gasteiger partial charge on any atom is 0.239 e. The lowest BCUT2D eigenvalue weighted by Gasteiger charge is -2.04. The fraction of sp³-hybridized carbons (Fsp3) is 0.273. The average molecular weight is 396 g/mol. The first-order valence-corrected chi connectivity index (χ1v) is 7.74. The molecule has 1 aromatic heterocycles. The van der Waals surface area contributed by atoms with Crippen molar-refractivity contribution in [1.29, 1.82) is 0 Å². The summed E-state index contributed by atoms with van der Waals surface area (Å²) in [5.41, 5.74) is 0.279. The molecule has 1 amide bonds. The van der Waals surface area contributed by atoms with Gasteiger partial charge in [-0.1, -0.05) is 50.1 Å². The molecule has 18 heavy (non-hydrogen) atoms. The molecule has 0 saturated carbocycles. The van der Waals surface area contributed by atoms with E-state index in [1.807, 2.05) is 6.92 Å². The van der Waals surface area contributed by atoms with Gasteiger partial charge in [0.1, 0.15) is 5.52 Å². The smallest absolute Gasteiger partial charge is 0.239 e. The van der Waals surface area contributed by atoms with Crippen LogP contribution < -0.4 is 5.32 Å². The number of aromatic nitrogens is 1. The molecule has 1 aromatic carbocycles. The molecule has 1 heterocycles. The van der Waals surface area contributed by atoms with Gasteiger partial charge in [-0.3, -0.25) is 4.79 Å². The van der Waals surface area contributed by atoms with Crippen LogP contribution in [0.1, 0.15) is 13.3 Å². The van der Waals surface area contributed by atoms with Crippen molar-refractivity contribution in [2.45, 2.75) is 18.2 Å². The Hall–Kier alpha value is -0.530. The lowest BCUT2D eigenvalue weighted by molar-refractivity contribution is -0.115. The highest BCUT2D eigenvalue weighted by Gasteiger charge is 2.16. The molecule has 7 heteroatoms. The summed E-state index contributed by atoms with van der Waals surface area (Å²) in [4.78, 5) is 15.5. The topological polar surface area (TPSA) is 42.0 Å². The molecule has 0 aliphatic heterocycles. The summed E-state index contributed by atoms with van der Waals surface area (Å²) in [5, 5.41) is 3.08. The van der Waals surface area contributed by atoms with E-state index in [0.29, 0.717) is 20.7 Å². The summed E-state index contributed by atoms with van der Waals surface area (Å²) in [6.07, 6.45) is 0.677. The van der Waals surface area contributed by atoms with Gasteiger partial charge in [-0.15, -0.1) is 0 Å². The molecule has 0 bridgehead atoms. The second-order valence-corrected chi connectivity index (χ2v) is 6.67. The average Bonchev–Trinajstić information content (AvgIpc) is 2.70. The van der Waals surface area contributed by atoms with E-state index in [4.69, 9.17) is 0 Å². The standard InChI is InChI=1S/C11H9Br2FN2OS/c1-2-6(13)10(17)16-11-15-9-7(14)3-5(12)4-8(9)18-11/h3-4,6H,2H2,1H3,(H,15,16,17)/t6-/m1/s1. The van der Waals surface area contributed by atoms with E-state index < -0.39 is 5.82 Å². The summed E-state index contributed by atoms with van der Waals surface area (Å²) in [6.45, 7) is 1.90. The van der Waals surface area contributed by atoms with E-state index in [0.717, 1.165) is 0 Å². The number of carbonyl (C=O) groups excluding carboxylic acids is 1. The van der Waals surface area contributed by atoms with Gasteiger partial charge in [0.05, 0.1) is 9.53 Å². The van der Waals surface area contributed by atoms with Crippen molar-refractivity contribution in [3.05, 3.63) is 22.4 Å². The quantitative estimate of drug-likeness (QED) is 0.786. The molecule has 2 rings (SSSR count). The van der Waals surface area contributed by atoms with Crippen LogP contribution in [0.3, 0.4) is 0 Å². The van der Waals surface area contributed by atoms with E-state index in [1.165, 1.54) is 17.4 Å². The Kier molecular flexibility index (Phi) is 4.34. The van der Waals surface area contributed by atoms with Crippen molar-refractivity contribution in [2.24, 2.45) is 0 Å². The number of halogens is 3. The normalized spacial score (nSPS) is 12.7. The van der Waals surface area contributed by atoms with Crippen molar-refractivity contribution >= 4 is 64.5 Å². The zero-order valence-electron chi connectivity index (χ0n) is 9.34. The molecule has 96 valence electrons. The van der Waals surface area contributed by atoms with Crippen LogP contribution in [0.25, 0.3) is 10.2 Å². The number of rotatable bonds is 3. The zero-order chi connectivity index (χ0) is 13.3. The van der Waals surface area contributed by atoms with Gasteiger partial charge in [-0.05, 0) is 18.6 Å². The minimum Gasteiger partial charge on any atom is -0.301 e. The predicted molar refractivity (Wildman–Crippen MR) is 78.9 cm³/mol. The van der Waals surface area contributed by atoms with Gasteiger partial charge in [0.25, 0.3) is 0 Å². The van der Waals surface area contributed by atoms with E-state index in [-0.39, 0.29) is 16.3 Å². The summed E-state index contributed by atoms with van der Waals surface area (Å²) in [5.74, 6) is -0.571. The Morgan fingerprint density at radius 2 is 2.33 bits per heavy atom. The van der Waals surface area contributed by atoms with E-state index in [9.17, 15) is 9.18 Å². The Bertz CT molecular complexity index is 602. The number of hydrogen-bond donors (Lipinski definition) is 1. The van der Waals surface area contributed by atoms with Crippen molar-refractivity contribution in [2.75, 3.05) is 5.32 Å². The van der Waals surface area contributed by atoms with Crippen LogP contribution in [0.4, 0.5) is 9.52 Å². The van der Waals surface area contributed by atoms with Crippen LogP contribution in [0, 0.1) is 5.82 Å². The number of thiazole rings is 1. The van der Waals surface area contributed by atoms with Gasteiger partial charge in [-0.2, -0.15) is 0 Å². The van der Waals surface area contributed by atoms with Crippen LogP contribution in [-0.4, -0.2) is 15.7 Å². The molecular formula is C11H9Br2FN2OS. The molecule has 0 radical (unpaired) electrons. The Balaban J connectivity index is 2.31. The van der Waals surface area contributed by atoms with Crippen molar-refractivity contribution in [1.82, 2.24) is 4.98 Å². The third-order valence-corrected chi connectivity index (χ3v) is 4.73. The zero-order valence-corrected chi connectivity index (χ0v) is 13.3. The van der Waals surface area contributed by atoms with Gasteiger partial charge in [-0.25, -0.2) is 9.37 Å². The molecule has 2 aromatic rings. The molecule has 0 unspecified atom stereocenters. The SMILES string of the molecule is CC[C@@H](Br)C(=O)Nc1nc2c(F)cc(Br)cc2s1.